The van der Waals surface area contributed by atoms with Crippen LogP contribution in [-0.2, 0) is 16.1 Å². The summed E-state index contributed by atoms with van der Waals surface area (Å²) in [5.41, 5.74) is 3.63. The standard InChI is InChI=1S/C26H21N3O5/c1-16-6-8-17(9-7-16)13-28-21-12-18(10-11-22(21)34-15-24(28)31)27-23(30)14-29-25(32)19-4-2-3-5-20(19)26(29)33/h2-12H,13-15H2,1H3,(H,27,30). The van der Waals surface area contributed by atoms with Crippen molar-refractivity contribution in [1.82, 2.24) is 4.90 Å². The summed E-state index contributed by atoms with van der Waals surface area (Å²) in [6.45, 7) is 1.88. The quantitative estimate of drug-likeness (QED) is 0.597. The lowest BCUT2D eigenvalue weighted by molar-refractivity contribution is -0.121. The number of nitrogens with one attached hydrogen (secondary N) is 1. The molecule has 0 aromatic heterocycles. The fourth-order valence-corrected chi connectivity index (χ4v) is 4.06. The lowest BCUT2D eigenvalue weighted by Crippen LogP contribution is -2.38. The van der Waals surface area contributed by atoms with E-state index in [0.717, 1.165) is 16.0 Å². The summed E-state index contributed by atoms with van der Waals surface area (Å²) in [7, 11) is 0. The number of hydrogen-bond acceptors (Lipinski definition) is 5. The van der Waals surface area contributed by atoms with Gasteiger partial charge in [-0.05, 0) is 42.8 Å². The van der Waals surface area contributed by atoms with Crippen LogP contribution in [0.2, 0.25) is 0 Å². The van der Waals surface area contributed by atoms with Crippen molar-refractivity contribution in [2.45, 2.75) is 13.5 Å². The van der Waals surface area contributed by atoms with Crippen LogP contribution < -0.4 is 15.0 Å². The zero-order valence-electron chi connectivity index (χ0n) is 18.4. The van der Waals surface area contributed by atoms with Crippen molar-refractivity contribution in [3.05, 3.63) is 89.0 Å². The number of ether oxygens (including phenoxy) is 1. The number of nitrogens with zero attached hydrogens (tertiary/aromatic N) is 2. The topological polar surface area (TPSA) is 96.0 Å². The van der Waals surface area contributed by atoms with Gasteiger partial charge >= 0.3 is 0 Å². The second-order valence-corrected chi connectivity index (χ2v) is 8.23. The van der Waals surface area contributed by atoms with E-state index in [2.05, 4.69) is 5.32 Å². The average molecular weight is 455 g/mol. The molecule has 8 nitrogen and oxygen atoms in total. The van der Waals surface area contributed by atoms with E-state index in [1.54, 1.807) is 47.4 Å². The summed E-state index contributed by atoms with van der Waals surface area (Å²) in [5, 5.41) is 2.71. The van der Waals surface area contributed by atoms with Crippen molar-refractivity contribution < 1.29 is 23.9 Å². The number of imide groups is 1. The van der Waals surface area contributed by atoms with Crippen molar-refractivity contribution in [2.75, 3.05) is 23.4 Å². The fraction of sp³-hybridized carbons (Fsp3) is 0.154. The highest BCUT2D eigenvalue weighted by atomic mass is 16.5. The van der Waals surface area contributed by atoms with Crippen LogP contribution in [0.25, 0.3) is 0 Å². The molecule has 0 unspecified atom stereocenters. The van der Waals surface area contributed by atoms with Gasteiger partial charge in [-0.1, -0.05) is 42.0 Å². The van der Waals surface area contributed by atoms with Crippen molar-refractivity contribution >= 4 is 35.0 Å². The normalized spacial score (nSPS) is 14.6. The van der Waals surface area contributed by atoms with Gasteiger partial charge in [0.1, 0.15) is 12.3 Å². The molecule has 8 heteroatoms. The first-order chi connectivity index (χ1) is 16.4. The first kappa shape index (κ1) is 21.4. The molecule has 34 heavy (non-hydrogen) atoms. The smallest absolute Gasteiger partial charge is 0.265 e. The summed E-state index contributed by atoms with van der Waals surface area (Å²) < 4.78 is 5.55. The highest BCUT2D eigenvalue weighted by Gasteiger charge is 2.36. The van der Waals surface area contributed by atoms with Crippen LogP contribution in [0.3, 0.4) is 0 Å². The monoisotopic (exact) mass is 455 g/mol. The van der Waals surface area contributed by atoms with Gasteiger partial charge in [-0.25, -0.2) is 0 Å². The molecule has 1 N–H and O–H groups in total. The van der Waals surface area contributed by atoms with Crippen LogP contribution in [0.5, 0.6) is 5.75 Å². The zero-order valence-corrected chi connectivity index (χ0v) is 18.4. The molecule has 0 saturated carbocycles. The third kappa shape index (κ3) is 3.90. The molecule has 0 fully saturated rings. The minimum atomic E-state index is -0.525. The maximum Gasteiger partial charge on any atom is 0.265 e. The van der Waals surface area contributed by atoms with Gasteiger partial charge in [0.15, 0.2) is 6.61 Å². The van der Waals surface area contributed by atoms with E-state index >= 15 is 0 Å². The SMILES string of the molecule is Cc1ccc(CN2C(=O)COc3ccc(NC(=O)CN4C(=O)c5ccccc5C4=O)cc32)cc1. The summed E-state index contributed by atoms with van der Waals surface area (Å²) in [4.78, 5) is 52.9. The first-order valence-electron chi connectivity index (χ1n) is 10.8. The zero-order chi connectivity index (χ0) is 23.8. The molecule has 2 aliphatic rings. The Morgan fingerprint density at radius 3 is 2.26 bits per heavy atom. The predicted molar refractivity (Wildman–Crippen MR) is 125 cm³/mol. The second-order valence-electron chi connectivity index (χ2n) is 8.23. The number of rotatable bonds is 5. The van der Waals surface area contributed by atoms with Gasteiger partial charge in [0.2, 0.25) is 5.91 Å². The molecule has 0 spiro atoms. The Balaban J connectivity index is 1.33. The minimum absolute atomic E-state index is 0.0652. The Bertz CT molecular complexity index is 1300. The first-order valence-corrected chi connectivity index (χ1v) is 10.8. The van der Waals surface area contributed by atoms with Crippen molar-refractivity contribution in [2.24, 2.45) is 0 Å². The Hall–Kier alpha value is -4.46. The Morgan fingerprint density at radius 2 is 1.59 bits per heavy atom. The molecule has 4 amide bonds. The number of anilines is 2. The summed E-state index contributed by atoms with van der Waals surface area (Å²) in [6, 6.07) is 19.4. The number of aryl methyl sites for hydroxylation is 1. The number of benzene rings is 3. The summed E-state index contributed by atoms with van der Waals surface area (Å²) in [5.74, 6) is -1.18. The van der Waals surface area contributed by atoms with E-state index in [-0.39, 0.29) is 23.6 Å². The van der Waals surface area contributed by atoms with Crippen LogP contribution in [0.4, 0.5) is 11.4 Å². The van der Waals surface area contributed by atoms with E-state index in [0.29, 0.717) is 23.7 Å². The lowest BCUT2D eigenvalue weighted by atomic mass is 10.1. The molecule has 3 aromatic carbocycles. The maximum atomic E-state index is 12.7. The molecule has 0 bridgehead atoms. The van der Waals surface area contributed by atoms with Crippen LogP contribution in [0.1, 0.15) is 31.8 Å². The van der Waals surface area contributed by atoms with Gasteiger partial charge in [-0.15, -0.1) is 0 Å². The van der Waals surface area contributed by atoms with Crippen molar-refractivity contribution in [3.63, 3.8) is 0 Å². The van der Waals surface area contributed by atoms with Gasteiger partial charge in [-0.2, -0.15) is 0 Å². The predicted octanol–water partition coefficient (Wildman–Crippen LogP) is 3.16. The van der Waals surface area contributed by atoms with Crippen LogP contribution >= 0.6 is 0 Å². The van der Waals surface area contributed by atoms with E-state index in [9.17, 15) is 19.2 Å². The van der Waals surface area contributed by atoms with Gasteiger partial charge < -0.3 is 15.0 Å². The molecule has 0 radical (unpaired) electrons. The van der Waals surface area contributed by atoms with E-state index in [1.165, 1.54) is 0 Å². The highest BCUT2D eigenvalue weighted by Crippen LogP contribution is 2.35. The van der Waals surface area contributed by atoms with Gasteiger partial charge in [0.05, 0.1) is 23.4 Å². The molecule has 2 aliphatic heterocycles. The molecule has 0 atom stereocenters. The van der Waals surface area contributed by atoms with Gasteiger partial charge in [0, 0.05) is 5.69 Å². The van der Waals surface area contributed by atoms with E-state index in [4.69, 9.17) is 4.74 Å². The van der Waals surface area contributed by atoms with Crippen LogP contribution in [-0.4, -0.2) is 41.7 Å². The Kier molecular flexibility index (Phi) is 5.33. The molecule has 0 saturated heterocycles. The molecule has 3 aromatic rings. The fourth-order valence-electron chi connectivity index (χ4n) is 4.06. The number of amides is 4. The van der Waals surface area contributed by atoms with E-state index in [1.807, 2.05) is 31.2 Å². The molecular formula is C26H21N3O5. The summed E-state index contributed by atoms with van der Waals surface area (Å²) >= 11 is 0. The molecule has 5 rings (SSSR count). The van der Waals surface area contributed by atoms with Crippen molar-refractivity contribution in [1.29, 1.82) is 0 Å². The Morgan fingerprint density at radius 1 is 0.912 bits per heavy atom. The van der Waals surface area contributed by atoms with Crippen molar-refractivity contribution in [3.8, 4) is 5.75 Å². The number of hydrogen-bond donors (Lipinski definition) is 1. The second kappa shape index (κ2) is 8.47. The largest absolute Gasteiger partial charge is 0.482 e. The highest BCUT2D eigenvalue weighted by molar-refractivity contribution is 6.22. The molecule has 2 heterocycles. The maximum absolute atomic E-state index is 12.7. The lowest BCUT2D eigenvalue weighted by Gasteiger charge is -2.30. The van der Waals surface area contributed by atoms with E-state index < -0.39 is 24.3 Å². The molecular weight excluding hydrogens is 434 g/mol. The van der Waals surface area contributed by atoms with Gasteiger partial charge in [0.25, 0.3) is 17.7 Å². The third-order valence-corrected chi connectivity index (χ3v) is 5.83. The van der Waals surface area contributed by atoms with Crippen LogP contribution in [0, 0.1) is 6.92 Å². The number of carbonyl (C=O) groups is 4. The molecule has 0 aliphatic carbocycles. The summed E-state index contributed by atoms with van der Waals surface area (Å²) in [6.07, 6.45) is 0. The van der Waals surface area contributed by atoms with Crippen LogP contribution in [0.15, 0.2) is 66.7 Å². The average Bonchev–Trinajstić information content (AvgIpc) is 3.07. The minimum Gasteiger partial charge on any atom is -0.482 e. The molecule has 170 valence electrons. The number of fused-ring (bicyclic) bond motifs is 2. The third-order valence-electron chi connectivity index (χ3n) is 5.83. The number of carbonyl (C=O) groups excluding carboxylic acids is 4. The van der Waals surface area contributed by atoms with Gasteiger partial charge in [-0.3, -0.25) is 24.1 Å². The Labute approximate surface area is 195 Å².